The third kappa shape index (κ3) is 3.48. The number of aryl methyl sites for hydroxylation is 1. The van der Waals surface area contributed by atoms with E-state index in [4.69, 9.17) is 11.6 Å². The maximum atomic E-state index is 11.4. The molecule has 0 heterocycles. The molecule has 0 aliphatic heterocycles. The lowest BCUT2D eigenvalue weighted by atomic mass is 10.1. The fraction of sp³-hybridized carbons (Fsp3) is 0.400. The van der Waals surface area contributed by atoms with Crippen molar-refractivity contribution in [3.63, 3.8) is 0 Å². The lowest BCUT2D eigenvalue weighted by Gasteiger charge is -2.15. The number of alkyl halides is 1. The van der Waals surface area contributed by atoms with E-state index in [0.29, 0.717) is 6.54 Å². The summed E-state index contributed by atoms with van der Waals surface area (Å²) >= 11 is 5.35. The van der Waals surface area contributed by atoms with E-state index in [-0.39, 0.29) is 5.21 Å². The Morgan fingerprint density at radius 1 is 1.27 bits per heavy atom. The van der Waals surface area contributed by atoms with Crippen molar-refractivity contribution in [2.75, 3.05) is 12.3 Å². The molecule has 0 N–H and O–H groups in total. The van der Waals surface area contributed by atoms with Crippen LogP contribution in [-0.4, -0.2) is 25.0 Å². The molecule has 0 bridgehead atoms. The summed E-state index contributed by atoms with van der Waals surface area (Å²) in [6, 6.07) is 7.73. The monoisotopic (exact) mass is 247 g/mol. The number of sulfonamides is 1. The first kappa shape index (κ1) is 12.5. The average Bonchev–Trinajstić information content (AvgIpc) is 2.21. The van der Waals surface area contributed by atoms with E-state index in [1.165, 1.54) is 11.4 Å². The second kappa shape index (κ2) is 4.96. The number of halogens is 1. The van der Waals surface area contributed by atoms with Crippen LogP contribution in [0.25, 0.3) is 0 Å². The van der Waals surface area contributed by atoms with Gasteiger partial charge in [-0.05, 0) is 12.5 Å². The second-order valence-corrected chi connectivity index (χ2v) is 6.12. The van der Waals surface area contributed by atoms with Crippen molar-refractivity contribution in [2.24, 2.45) is 0 Å². The molecule has 0 spiro atoms. The molecule has 1 aromatic carbocycles. The summed E-state index contributed by atoms with van der Waals surface area (Å²) in [4.78, 5) is 0. The third-order valence-electron chi connectivity index (χ3n) is 2.14. The Hall–Kier alpha value is -0.580. The van der Waals surface area contributed by atoms with Crippen molar-refractivity contribution >= 4 is 21.6 Å². The Morgan fingerprint density at radius 2 is 1.80 bits per heavy atom. The molecule has 0 aromatic heterocycles. The zero-order valence-corrected chi connectivity index (χ0v) is 10.3. The Labute approximate surface area is 95.7 Å². The zero-order valence-electron chi connectivity index (χ0n) is 8.77. The molecule has 0 amide bonds. The third-order valence-corrected chi connectivity index (χ3v) is 4.32. The molecular weight excluding hydrogens is 234 g/mol. The summed E-state index contributed by atoms with van der Waals surface area (Å²) < 4.78 is 24.0. The summed E-state index contributed by atoms with van der Waals surface area (Å²) in [6.07, 6.45) is 0. The molecular formula is C10H14ClNO2S. The highest BCUT2D eigenvalue weighted by Crippen LogP contribution is 2.09. The molecule has 3 nitrogen and oxygen atoms in total. The largest absolute Gasteiger partial charge is 0.228 e. The predicted molar refractivity (Wildman–Crippen MR) is 62.3 cm³/mol. The van der Waals surface area contributed by atoms with E-state index in [9.17, 15) is 8.42 Å². The highest BCUT2D eigenvalue weighted by Gasteiger charge is 2.15. The van der Waals surface area contributed by atoms with E-state index in [1.807, 2.05) is 31.2 Å². The van der Waals surface area contributed by atoms with Crippen molar-refractivity contribution in [3.8, 4) is 0 Å². The number of benzene rings is 1. The topological polar surface area (TPSA) is 37.4 Å². The molecule has 0 fully saturated rings. The molecule has 0 aliphatic carbocycles. The van der Waals surface area contributed by atoms with Gasteiger partial charge in [-0.25, -0.2) is 8.42 Å². The fourth-order valence-corrected chi connectivity index (χ4v) is 2.14. The van der Waals surface area contributed by atoms with Crippen LogP contribution in [0.5, 0.6) is 0 Å². The van der Waals surface area contributed by atoms with Gasteiger partial charge in [0.05, 0.1) is 0 Å². The van der Waals surface area contributed by atoms with Crippen molar-refractivity contribution in [3.05, 3.63) is 35.4 Å². The van der Waals surface area contributed by atoms with E-state index >= 15 is 0 Å². The molecule has 0 radical (unpaired) electrons. The van der Waals surface area contributed by atoms with Crippen molar-refractivity contribution in [2.45, 2.75) is 13.5 Å². The van der Waals surface area contributed by atoms with Gasteiger partial charge in [0.2, 0.25) is 10.0 Å². The molecule has 0 aliphatic rings. The average molecular weight is 248 g/mol. The predicted octanol–water partition coefficient (Wildman–Crippen LogP) is 1.95. The van der Waals surface area contributed by atoms with Crippen molar-refractivity contribution in [1.82, 2.24) is 4.31 Å². The smallest absolute Gasteiger partial charge is 0.211 e. The van der Waals surface area contributed by atoms with Gasteiger partial charge in [0.1, 0.15) is 5.21 Å². The molecule has 84 valence electrons. The quantitative estimate of drug-likeness (QED) is 0.763. The Balaban J connectivity index is 2.75. The van der Waals surface area contributed by atoms with Gasteiger partial charge in [-0.2, -0.15) is 4.31 Å². The SMILES string of the molecule is Cc1ccc(CN(C)S(=O)(=O)CCl)cc1. The van der Waals surface area contributed by atoms with Gasteiger partial charge in [-0.1, -0.05) is 29.8 Å². The minimum Gasteiger partial charge on any atom is -0.211 e. The molecule has 15 heavy (non-hydrogen) atoms. The highest BCUT2D eigenvalue weighted by atomic mass is 35.5. The van der Waals surface area contributed by atoms with Crippen molar-refractivity contribution in [1.29, 1.82) is 0 Å². The molecule has 0 saturated heterocycles. The minimum absolute atomic E-state index is 0.356. The van der Waals surface area contributed by atoms with Crippen LogP contribution in [0.15, 0.2) is 24.3 Å². The normalized spacial score (nSPS) is 12.0. The van der Waals surface area contributed by atoms with Crippen LogP contribution in [0.2, 0.25) is 0 Å². The lowest BCUT2D eigenvalue weighted by molar-refractivity contribution is 0.471. The number of hydrogen-bond acceptors (Lipinski definition) is 2. The van der Waals surface area contributed by atoms with Crippen LogP contribution in [0, 0.1) is 6.92 Å². The first-order valence-electron chi connectivity index (χ1n) is 4.51. The molecule has 1 aromatic rings. The summed E-state index contributed by atoms with van der Waals surface area (Å²) in [5.41, 5.74) is 2.11. The van der Waals surface area contributed by atoms with Crippen LogP contribution in [0.1, 0.15) is 11.1 Å². The molecule has 0 unspecified atom stereocenters. The van der Waals surface area contributed by atoms with Gasteiger partial charge < -0.3 is 0 Å². The van der Waals surface area contributed by atoms with Gasteiger partial charge >= 0.3 is 0 Å². The van der Waals surface area contributed by atoms with Crippen LogP contribution in [-0.2, 0) is 16.6 Å². The van der Waals surface area contributed by atoms with Crippen LogP contribution < -0.4 is 0 Å². The first-order chi connectivity index (χ1) is 6.95. The minimum atomic E-state index is -3.31. The van der Waals surface area contributed by atoms with Crippen molar-refractivity contribution < 1.29 is 8.42 Å². The van der Waals surface area contributed by atoms with Gasteiger partial charge in [0.25, 0.3) is 0 Å². The van der Waals surface area contributed by atoms with Crippen LogP contribution in [0.4, 0.5) is 0 Å². The standard InChI is InChI=1S/C10H14ClNO2S/c1-9-3-5-10(6-4-9)7-12(2)15(13,14)8-11/h3-6H,7-8H2,1-2H3. The molecule has 5 heteroatoms. The number of hydrogen-bond donors (Lipinski definition) is 0. The lowest BCUT2D eigenvalue weighted by Crippen LogP contribution is -2.27. The van der Waals surface area contributed by atoms with E-state index in [2.05, 4.69) is 0 Å². The fourth-order valence-electron chi connectivity index (χ4n) is 1.13. The molecule has 0 atom stereocenters. The Bertz CT molecular complexity index is 414. The zero-order chi connectivity index (χ0) is 11.5. The Kier molecular flexibility index (Phi) is 4.13. The van der Waals surface area contributed by atoms with Gasteiger partial charge in [-0.3, -0.25) is 0 Å². The van der Waals surface area contributed by atoms with E-state index in [1.54, 1.807) is 0 Å². The van der Waals surface area contributed by atoms with Gasteiger partial charge in [-0.15, -0.1) is 11.6 Å². The van der Waals surface area contributed by atoms with E-state index in [0.717, 1.165) is 11.1 Å². The van der Waals surface area contributed by atoms with Gasteiger partial charge in [0.15, 0.2) is 0 Å². The Morgan fingerprint density at radius 3 is 2.27 bits per heavy atom. The first-order valence-corrected chi connectivity index (χ1v) is 6.65. The molecule has 0 saturated carbocycles. The maximum absolute atomic E-state index is 11.4. The highest BCUT2D eigenvalue weighted by molar-refractivity contribution is 7.90. The van der Waals surface area contributed by atoms with E-state index < -0.39 is 10.0 Å². The van der Waals surface area contributed by atoms with Gasteiger partial charge in [0, 0.05) is 13.6 Å². The summed E-state index contributed by atoms with van der Waals surface area (Å²) in [5.74, 6) is 0. The van der Waals surface area contributed by atoms with Crippen LogP contribution >= 0.6 is 11.6 Å². The maximum Gasteiger partial charge on any atom is 0.228 e. The summed E-state index contributed by atoms with van der Waals surface area (Å²) in [6.45, 7) is 2.35. The summed E-state index contributed by atoms with van der Waals surface area (Å²) in [5, 5.41) is -0.380. The summed E-state index contributed by atoms with van der Waals surface area (Å²) in [7, 11) is -1.78. The number of rotatable bonds is 4. The number of nitrogens with zero attached hydrogens (tertiary/aromatic N) is 1. The molecule has 1 rings (SSSR count). The van der Waals surface area contributed by atoms with Crippen LogP contribution in [0.3, 0.4) is 0 Å². The second-order valence-electron chi connectivity index (χ2n) is 3.46.